The van der Waals surface area contributed by atoms with Crippen molar-refractivity contribution in [3.63, 3.8) is 0 Å². The zero-order valence-electron chi connectivity index (χ0n) is 19.3. The van der Waals surface area contributed by atoms with Gasteiger partial charge >= 0.3 is 0 Å². The summed E-state index contributed by atoms with van der Waals surface area (Å²) >= 11 is 0. The fraction of sp³-hybridized carbons (Fsp3) is 0. The summed E-state index contributed by atoms with van der Waals surface area (Å²) in [6, 6.07) is 39.4. The van der Waals surface area contributed by atoms with E-state index in [1.807, 2.05) is 60.7 Å². The maximum absolute atomic E-state index is 13.8. The van der Waals surface area contributed by atoms with Crippen LogP contribution in [0.25, 0.3) is 38.6 Å². The lowest BCUT2D eigenvalue weighted by Gasteiger charge is -2.15. The van der Waals surface area contributed by atoms with Gasteiger partial charge in [0.1, 0.15) is 0 Å². The molecule has 5 aromatic carbocycles. The molecule has 0 radical (unpaired) electrons. The Kier molecular flexibility index (Phi) is 4.42. The summed E-state index contributed by atoms with van der Waals surface area (Å²) in [5.41, 5.74) is 6.29. The lowest BCUT2D eigenvalue weighted by Crippen LogP contribution is -2.29. The van der Waals surface area contributed by atoms with Crippen LogP contribution in [0.2, 0.25) is 0 Å². The Morgan fingerprint density at radius 3 is 1.94 bits per heavy atom. The molecule has 2 heterocycles. The molecule has 0 atom stereocenters. The first-order valence-electron chi connectivity index (χ1n) is 11.9. The molecular weight excluding hydrogens is 444 g/mol. The van der Waals surface area contributed by atoms with Crippen molar-refractivity contribution >= 4 is 39.3 Å². The Balaban J connectivity index is 1.57. The van der Waals surface area contributed by atoms with E-state index in [0.29, 0.717) is 22.5 Å². The summed E-state index contributed by atoms with van der Waals surface area (Å²) in [6.45, 7) is 0. The Morgan fingerprint density at radius 2 is 1.14 bits per heavy atom. The predicted octanol–water partition coefficient (Wildman–Crippen LogP) is 7.25. The van der Waals surface area contributed by atoms with Gasteiger partial charge in [0.15, 0.2) is 0 Å². The van der Waals surface area contributed by atoms with Gasteiger partial charge in [-0.1, -0.05) is 91.0 Å². The normalized spacial score (nSPS) is 13.1. The molecule has 0 saturated carbocycles. The third kappa shape index (κ3) is 2.82. The highest BCUT2D eigenvalue weighted by molar-refractivity contribution is 6.35. The fourth-order valence-electron chi connectivity index (χ4n) is 5.38. The van der Waals surface area contributed by atoms with E-state index < -0.39 is 0 Å². The van der Waals surface area contributed by atoms with Crippen molar-refractivity contribution in [1.82, 2.24) is 4.57 Å². The number of hydrogen-bond acceptors (Lipinski definition) is 2. The molecule has 7 rings (SSSR count). The second-order valence-corrected chi connectivity index (χ2v) is 8.90. The second-order valence-electron chi connectivity index (χ2n) is 8.90. The minimum Gasteiger partial charge on any atom is -0.308 e. The largest absolute Gasteiger partial charge is 0.308 e. The van der Waals surface area contributed by atoms with Crippen LogP contribution in [0.1, 0.15) is 20.7 Å². The summed E-state index contributed by atoms with van der Waals surface area (Å²) in [7, 11) is 0. The molecule has 4 heteroatoms. The Morgan fingerprint density at radius 1 is 0.500 bits per heavy atom. The Hall–Kier alpha value is -4.96. The molecular formula is C32H20N2O2. The van der Waals surface area contributed by atoms with Crippen LogP contribution < -0.4 is 4.90 Å². The van der Waals surface area contributed by atoms with Gasteiger partial charge in [0.25, 0.3) is 11.8 Å². The van der Waals surface area contributed by atoms with E-state index in [4.69, 9.17) is 0 Å². The standard InChI is InChI=1S/C32H20N2O2/c35-31-26-18-10-20-28(29(26)32(36)33(31)22-13-5-2-6-14-22)34-27-19-8-7-15-24(27)25-17-9-16-23(30(25)34)21-11-3-1-4-12-21/h1-20H. The highest BCUT2D eigenvalue weighted by Gasteiger charge is 2.39. The first-order valence-corrected chi connectivity index (χ1v) is 11.9. The van der Waals surface area contributed by atoms with Gasteiger partial charge in [-0.15, -0.1) is 0 Å². The highest BCUT2D eigenvalue weighted by Crippen LogP contribution is 2.40. The Bertz CT molecular complexity index is 1820. The molecule has 4 nitrogen and oxygen atoms in total. The molecule has 0 aliphatic carbocycles. The van der Waals surface area contributed by atoms with Crippen molar-refractivity contribution < 1.29 is 9.59 Å². The predicted molar refractivity (Wildman–Crippen MR) is 144 cm³/mol. The van der Waals surface area contributed by atoms with E-state index >= 15 is 0 Å². The topological polar surface area (TPSA) is 42.3 Å². The Labute approximate surface area is 207 Å². The molecule has 6 aromatic rings. The van der Waals surface area contributed by atoms with Gasteiger partial charge in [-0.3, -0.25) is 9.59 Å². The third-order valence-corrected chi connectivity index (χ3v) is 6.93. The van der Waals surface area contributed by atoms with Crippen molar-refractivity contribution in [3.8, 4) is 16.8 Å². The third-order valence-electron chi connectivity index (χ3n) is 6.93. The fourth-order valence-corrected chi connectivity index (χ4v) is 5.38. The number of anilines is 1. The van der Waals surface area contributed by atoms with Crippen molar-refractivity contribution in [1.29, 1.82) is 0 Å². The van der Waals surface area contributed by atoms with Crippen LogP contribution in [0, 0.1) is 0 Å². The van der Waals surface area contributed by atoms with Gasteiger partial charge in [-0.2, -0.15) is 0 Å². The number of hydrogen-bond donors (Lipinski definition) is 0. The van der Waals surface area contributed by atoms with E-state index in [-0.39, 0.29) is 11.8 Å². The zero-order chi connectivity index (χ0) is 24.2. The molecule has 2 amide bonds. The number of carbonyl (C=O) groups is 2. The molecule has 0 spiro atoms. The lowest BCUT2D eigenvalue weighted by molar-refractivity contribution is 0.0926. The zero-order valence-corrected chi connectivity index (χ0v) is 19.3. The molecule has 0 fully saturated rings. The van der Waals surface area contributed by atoms with Gasteiger partial charge in [0.2, 0.25) is 0 Å². The monoisotopic (exact) mass is 464 g/mol. The molecule has 1 aromatic heterocycles. The SMILES string of the molecule is O=C1c2cccc(-n3c4ccccc4c4cccc(-c5ccccc5)c43)c2C(=O)N1c1ccccc1. The number of rotatable bonds is 3. The van der Waals surface area contributed by atoms with Crippen LogP contribution in [0.3, 0.4) is 0 Å². The second kappa shape index (κ2) is 7.79. The van der Waals surface area contributed by atoms with Crippen molar-refractivity contribution in [3.05, 3.63) is 132 Å². The summed E-state index contributed by atoms with van der Waals surface area (Å²) in [5.74, 6) is -0.605. The van der Waals surface area contributed by atoms with E-state index in [2.05, 4.69) is 47.0 Å². The smallest absolute Gasteiger partial charge is 0.268 e. The van der Waals surface area contributed by atoms with Gasteiger partial charge in [0, 0.05) is 16.3 Å². The van der Waals surface area contributed by atoms with Crippen LogP contribution in [-0.4, -0.2) is 16.4 Å². The number of benzene rings is 5. The number of imide groups is 1. The number of nitrogens with zero attached hydrogens (tertiary/aromatic N) is 2. The average Bonchev–Trinajstić information content (AvgIpc) is 3.41. The van der Waals surface area contributed by atoms with Crippen molar-refractivity contribution in [2.45, 2.75) is 0 Å². The number of carbonyl (C=O) groups excluding carboxylic acids is 2. The maximum atomic E-state index is 13.8. The first-order chi connectivity index (χ1) is 17.7. The highest BCUT2D eigenvalue weighted by atomic mass is 16.2. The van der Waals surface area contributed by atoms with Crippen LogP contribution in [0.15, 0.2) is 121 Å². The van der Waals surface area contributed by atoms with Gasteiger partial charge in [-0.25, -0.2) is 4.90 Å². The number of fused-ring (bicyclic) bond motifs is 4. The lowest BCUT2D eigenvalue weighted by atomic mass is 10.0. The maximum Gasteiger partial charge on any atom is 0.268 e. The van der Waals surface area contributed by atoms with Crippen LogP contribution >= 0.6 is 0 Å². The molecule has 1 aliphatic heterocycles. The minimum absolute atomic E-state index is 0.299. The molecule has 36 heavy (non-hydrogen) atoms. The molecule has 0 unspecified atom stereocenters. The molecule has 170 valence electrons. The first kappa shape index (κ1) is 20.4. The van der Waals surface area contributed by atoms with E-state index in [1.54, 1.807) is 18.2 Å². The van der Waals surface area contributed by atoms with Crippen molar-refractivity contribution in [2.24, 2.45) is 0 Å². The van der Waals surface area contributed by atoms with Gasteiger partial charge in [-0.05, 0) is 35.9 Å². The summed E-state index contributed by atoms with van der Waals surface area (Å²) in [5, 5.41) is 2.20. The molecule has 0 saturated heterocycles. The number of aromatic nitrogens is 1. The number of para-hydroxylation sites is 3. The van der Waals surface area contributed by atoms with Crippen molar-refractivity contribution in [2.75, 3.05) is 4.90 Å². The number of amides is 2. The van der Waals surface area contributed by atoms with E-state index in [0.717, 1.165) is 32.9 Å². The summed E-state index contributed by atoms with van der Waals surface area (Å²) in [6.07, 6.45) is 0. The summed E-state index contributed by atoms with van der Waals surface area (Å²) < 4.78 is 2.14. The molecule has 0 N–H and O–H groups in total. The van der Waals surface area contributed by atoms with Gasteiger partial charge < -0.3 is 4.57 Å². The quantitative estimate of drug-likeness (QED) is 0.259. The van der Waals surface area contributed by atoms with E-state index in [1.165, 1.54) is 4.90 Å². The van der Waals surface area contributed by atoms with Crippen LogP contribution in [0.4, 0.5) is 5.69 Å². The molecule has 1 aliphatic rings. The molecule has 0 bridgehead atoms. The summed E-state index contributed by atoms with van der Waals surface area (Å²) in [4.78, 5) is 28.6. The van der Waals surface area contributed by atoms with Crippen LogP contribution in [-0.2, 0) is 0 Å². The van der Waals surface area contributed by atoms with E-state index in [9.17, 15) is 9.59 Å². The van der Waals surface area contributed by atoms with Gasteiger partial charge in [0.05, 0.1) is 33.5 Å². The average molecular weight is 465 g/mol. The van der Waals surface area contributed by atoms with Crippen LogP contribution in [0.5, 0.6) is 0 Å². The minimum atomic E-state index is -0.306.